The zero-order valence-electron chi connectivity index (χ0n) is 16.4. The standard InChI is InChI=1S/C22H23F2N3O3/c23-22(24,12-28)30-18-6-5-16(17-3-1-2-8-25-17)21-20(18)27-19(29-21)7-4-13-9-14-11-15(10-13)26-14/h1-3,5-6,8,13-15,26,28H,4,7,9-12H2. The van der Waals surface area contributed by atoms with Gasteiger partial charge >= 0.3 is 6.11 Å². The zero-order valence-corrected chi connectivity index (χ0v) is 16.4. The number of aliphatic hydroxyl groups is 1. The third kappa shape index (κ3) is 3.77. The lowest BCUT2D eigenvalue weighted by atomic mass is 9.74. The monoisotopic (exact) mass is 415 g/mol. The van der Waals surface area contributed by atoms with Crippen molar-refractivity contribution in [2.24, 2.45) is 5.92 Å². The summed E-state index contributed by atoms with van der Waals surface area (Å²) in [5.41, 5.74) is 1.90. The molecule has 1 aliphatic carbocycles. The number of aliphatic hydroxyl groups excluding tert-OH is 1. The summed E-state index contributed by atoms with van der Waals surface area (Å²) in [5, 5.41) is 12.4. The van der Waals surface area contributed by atoms with Crippen molar-refractivity contribution in [1.82, 2.24) is 15.3 Å². The predicted octanol–water partition coefficient (Wildman–Crippen LogP) is 3.93. The smallest absolute Gasteiger partial charge is 0.421 e. The van der Waals surface area contributed by atoms with Crippen LogP contribution in [0.3, 0.4) is 0 Å². The van der Waals surface area contributed by atoms with Crippen LogP contribution in [0.5, 0.6) is 5.75 Å². The number of alkyl halides is 2. The minimum Gasteiger partial charge on any atom is -0.440 e. The van der Waals surface area contributed by atoms with E-state index in [0.29, 0.717) is 47.2 Å². The fourth-order valence-electron chi connectivity index (χ4n) is 4.58. The number of aromatic nitrogens is 2. The van der Waals surface area contributed by atoms with Crippen molar-refractivity contribution in [3.05, 3.63) is 42.4 Å². The maximum atomic E-state index is 13.7. The van der Waals surface area contributed by atoms with Crippen molar-refractivity contribution in [3.8, 4) is 17.0 Å². The van der Waals surface area contributed by atoms with Gasteiger partial charge in [0.1, 0.15) is 6.61 Å². The molecule has 2 atom stereocenters. The van der Waals surface area contributed by atoms with Crippen molar-refractivity contribution in [2.75, 3.05) is 6.61 Å². The van der Waals surface area contributed by atoms with Crippen LogP contribution in [0.4, 0.5) is 8.78 Å². The molecule has 2 saturated heterocycles. The van der Waals surface area contributed by atoms with Crippen LogP contribution in [0.2, 0.25) is 0 Å². The number of pyridine rings is 1. The van der Waals surface area contributed by atoms with Crippen molar-refractivity contribution >= 4 is 11.1 Å². The Morgan fingerprint density at radius 3 is 2.67 bits per heavy atom. The number of nitrogens with zero attached hydrogens (tertiary/aromatic N) is 2. The van der Waals surface area contributed by atoms with Gasteiger partial charge in [-0.05, 0) is 55.9 Å². The number of oxazole rings is 1. The fourth-order valence-corrected chi connectivity index (χ4v) is 4.58. The summed E-state index contributed by atoms with van der Waals surface area (Å²) < 4.78 is 38.1. The van der Waals surface area contributed by atoms with E-state index in [1.54, 1.807) is 18.3 Å². The van der Waals surface area contributed by atoms with Gasteiger partial charge in [0.25, 0.3) is 0 Å². The van der Waals surface area contributed by atoms with Gasteiger partial charge in [0.15, 0.2) is 22.7 Å². The Morgan fingerprint density at radius 2 is 1.97 bits per heavy atom. The molecule has 1 saturated carbocycles. The molecule has 4 heterocycles. The first-order valence-electron chi connectivity index (χ1n) is 10.3. The SMILES string of the molecule is OCC(F)(F)Oc1ccc(-c2ccccn2)c2oc(CCC3CC4CC(C3)N4)nc12. The van der Waals surface area contributed by atoms with E-state index in [0.717, 1.165) is 19.3 Å². The molecular weight excluding hydrogens is 392 g/mol. The number of piperidine rings is 1. The minimum atomic E-state index is -3.70. The zero-order chi connectivity index (χ0) is 20.7. The van der Waals surface area contributed by atoms with E-state index in [9.17, 15) is 8.78 Å². The number of ether oxygens (including phenoxy) is 1. The summed E-state index contributed by atoms with van der Waals surface area (Å²) in [6.45, 7) is -1.42. The second-order valence-corrected chi connectivity index (χ2v) is 8.18. The number of fused-ring (bicyclic) bond motifs is 3. The average molecular weight is 415 g/mol. The molecule has 3 fully saturated rings. The first-order valence-corrected chi connectivity index (χ1v) is 10.3. The molecule has 3 aromatic rings. The first kappa shape index (κ1) is 19.4. The van der Waals surface area contributed by atoms with Crippen LogP contribution < -0.4 is 10.1 Å². The summed E-state index contributed by atoms with van der Waals surface area (Å²) in [7, 11) is 0. The molecule has 8 heteroatoms. The van der Waals surface area contributed by atoms with Crippen LogP contribution >= 0.6 is 0 Å². The van der Waals surface area contributed by atoms with Gasteiger partial charge in [-0.25, -0.2) is 4.98 Å². The number of hydrogen-bond acceptors (Lipinski definition) is 6. The van der Waals surface area contributed by atoms with Crippen LogP contribution in [-0.2, 0) is 6.42 Å². The van der Waals surface area contributed by atoms with E-state index in [-0.39, 0.29) is 11.3 Å². The number of aryl methyl sites for hydroxylation is 1. The Bertz CT molecular complexity index is 1020. The minimum absolute atomic E-state index is 0.123. The largest absolute Gasteiger partial charge is 0.440 e. The molecule has 3 aliphatic rings. The van der Waals surface area contributed by atoms with Crippen LogP contribution in [0.25, 0.3) is 22.4 Å². The second kappa shape index (κ2) is 7.59. The molecule has 2 aliphatic heterocycles. The normalized spacial score (nSPS) is 23.4. The Morgan fingerprint density at radius 1 is 1.17 bits per heavy atom. The van der Waals surface area contributed by atoms with E-state index < -0.39 is 12.7 Å². The van der Waals surface area contributed by atoms with E-state index in [2.05, 4.69) is 15.3 Å². The van der Waals surface area contributed by atoms with E-state index in [1.165, 1.54) is 12.5 Å². The second-order valence-electron chi connectivity index (χ2n) is 8.18. The molecule has 6 rings (SSSR count). The molecule has 30 heavy (non-hydrogen) atoms. The molecule has 1 aromatic carbocycles. The Hall–Kier alpha value is -2.58. The van der Waals surface area contributed by atoms with Crippen LogP contribution in [0.15, 0.2) is 40.9 Å². The van der Waals surface area contributed by atoms with E-state index >= 15 is 0 Å². The summed E-state index contributed by atoms with van der Waals surface area (Å²) >= 11 is 0. The molecule has 0 spiro atoms. The lowest BCUT2D eigenvalue weighted by molar-refractivity contribution is -0.200. The lowest BCUT2D eigenvalue weighted by Crippen LogP contribution is -2.57. The molecule has 0 amide bonds. The van der Waals surface area contributed by atoms with Crippen molar-refractivity contribution in [1.29, 1.82) is 0 Å². The quantitative estimate of drug-likeness (QED) is 0.609. The highest BCUT2D eigenvalue weighted by molar-refractivity contribution is 5.93. The number of nitrogens with one attached hydrogen (secondary N) is 1. The van der Waals surface area contributed by atoms with E-state index in [1.807, 2.05) is 12.1 Å². The highest BCUT2D eigenvalue weighted by Gasteiger charge is 2.37. The lowest BCUT2D eigenvalue weighted by Gasteiger charge is -2.46. The number of hydrogen-bond donors (Lipinski definition) is 2. The number of halogens is 2. The molecule has 6 nitrogen and oxygen atoms in total. The molecule has 2 aromatic heterocycles. The Labute approximate surface area is 172 Å². The van der Waals surface area contributed by atoms with Gasteiger partial charge in [-0.15, -0.1) is 0 Å². The van der Waals surface area contributed by atoms with Crippen LogP contribution in [-0.4, -0.2) is 39.9 Å². The van der Waals surface area contributed by atoms with Gasteiger partial charge < -0.3 is 19.6 Å². The third-order valence-corrected chi connectivity index (χ3v) is 5.98. The fraction of sp³-hybridized carbons (Fsp3) is 0.455. The molecule has 158 valence electrons. The maximum Gasteiger partial charge on any atom is 0.421 e. The first-order chi connectivity index (χ1) is 14.5. The predicted molar refractivity (Wildman–Crippen MR) is 106 cm³/mol. The molecule has 0 radical (unpaired) electrons. The third-order valence-electron chi connectivity index (χ3n) is 5.98. The van der Waals surface area contributed by atoms with Crippen LogP contribution in [0.1, 0.15) is 31.6 Å². The number of benzene rings is 1. The van der Waals surface area contributed by atoms with Gasteiger partial charge in [-0.1, -0.05) is 6.07 Å². The van der Waals surface area contributed by atoms with Crippen LogP contribution in [0, 0.1) is 5.92 Å². The summed E-state index contributed by atoms with van der Waals surface area (Å²) in [6.07, 6.45) is 3.13. The molecule has 2 N–H and O–H groups in total. The van der Waals surface area contributed by atoms with Crippen molar-refractivity contribution < 1.29 is 23.0 Å². The van der Waals surface area contributed by atoms with Gasteiger partial charge in [0.2, 0.25) is 0 Å². The summed E-state index contributed by atoms with van der Waals surface area (Å²) in [4.78, 5) is 8.82. The van der Waals surface area contributed by atoms with Gasteiger partial charge in [-0.2, -0.15) is 8.78 Å². The Balaban J connectivity index is 1.46. The Kier molecular flexibility index (Phi) is 4.91. The van der Waals surface area contributed by atoms with Gasteiger partial charge in [0, 0.05) is 30.3 Å². The molecule has 2 bridgehead atoms. The molecular formula is C22H23F2N3O3. The van der Waals surface area contributed by atoms with Gasteiger partial charge in [0.05, 0.1) is 5.69 Å². The number of rotatable bonds is 7. The average Bonchev–Trinajstić information content (AvgIpc) is 3.17. The van der Waals surface area contributed by atoms with Crippen molar-refractivity contribution in [3.63, 3.8) is 0 Å². The maximum absolute atomic E-state index is 13.7. The van der Waals surface area contributed by atoms with Crippen molar-refractivity contribution in [2.45, 2.75) is 50.3 Å². The highest BCUT2D eigenvalue weighted by Crippen LogP contribution is 2.38. The highest BCUT2D eigenvalue weighted by atomic mass is 19.3. The van der Waals surface area contributed by atoms with E-state index in [4.69, 9.17) is 14.3 Å². The topological polar surface area (TPSA) is 80.4 Å². The molecule has 2 unspecified atom stereocenters. The summed E-state index contributed by atoms with van der Waals surface area (Å²) in [6, 6.07) is 9.78. The van der Waals surface area contributed by atoms with Gasteiger partial charge in [-0.3, -0.25) is 4.98 Å². The summed E-state index contributed by atoms with van der Waals surface area (Å²) in [5.74, 6) is 0.995.